The van der Waals surface area contributed by atoms with Gasteiger partial charge in [0.05, 0.1) is 19.8 Å². The van der Waals surface area contributed by atoms with Crippen molar-refractivity contribution >= 4 is 22.8 Å². The zero-order chi connectivity index (χ0) is 22.2. The van der Waals surface area contributed by atoms with Gasteiger partial charge in [0.1, 0.15) is 12.1 Å². The summed E-state index contributed by atoms with van der Waals surface area (Å²) in [4.78, 5) is 31.8. The van der Waals surface area contributed by atoms with Gasteiger partial charge in [0.15, 0.2) is 0 Å². The number of H-pyrrole nitrogens is 1. The van der Waals surface area contributed by atoms with E-state index in [0.29, 0.717) is 6.61 Å². The minimum atomic E-state index is -0.553. The molecule has 3 aromatic rings. The molecule has 0 unspecified atom stereocenters. The van der Waals surface area contributed by atoms with Gasteiger partial charge in [-0.25, -0.2) is 0 Å². The van der Waals surface area contributed by atoms with E-state index in [4.69, 9.17) is 9.47 Å². The number of para-hydroxylation sites is 1. The predicted molar refractivity (Wildman–Crippen MR) is 121 cm³/mol. The summed E-state index contributed by atoms with van der Waals surface area (Å²) >= 11 is 0. The Morgan fingerprint density at radius 1 is 1.19 bits per heavy atom. The number of nitrogens with zero attached hydrogens (tertiary/aromatic N) is 1. The summed E-state index contributed by atoms with van der Waals surface area (Å²) in [6.45, 7) is 2.57. The smallest absolute Gasteiger partial charge is 0.314 e. The van der Waals surface area contributed by atoms with Crippen LogP contribution in [0.2, 0.25) is 0 Å². The Labute approximate surface area is 187 Å². The summed E-state index contributed by atoms with van der Waals surface area (Å²) in [6.07, 6.45) is 0.749. The molecule has 0 bridgehead atoms. The van der Waals surface area contributed by atoms with Crippen molar-refractivity contribution in [1.29, 1.82) is 0 Å². The molecule has 2 saturated heterocycles. The highest BCUT2D eigenvalue weighted by atomic mass is 16.5. The van der Waals surface area contributed by atoms with Crippen LogP contribution in [0, 0.1) is 11.8 Å². The third-order valence-electron chi connectivity index (χ3n) is 7.07. The summed E-state index contributed by atoms with van der Waals surface area (Å²) < 4.78 is 11.5. The fourth-order valence-corrected chi connectivity index (χ4v) is 5.57. The molecule has 5 atom stereocenters. The molecule has 0 saturated carbocycles. The molecule has 166 valence electrons. The van der Waals surface area contributed by atoms with Gasteiger partial charge in [-0.15, -0.1) is 0 Å². The number of hydrogen-bond acceptors (Lipinski definition) is 4. The number of aromatic amines is 1. The maximum Gasteiger partial charge on any atom is 0.314 e. The van der Waals surface area contributed by atoms with Crippen molar-refractivity contribution in [2.24, 2.45) is 11.8 Å². The molecule has 1 aromatic heterocycles. The number of fused-ring (bicyclic) bond motifs is 2. The van der Waals surface area contributed by atoms with Gasteiger partial charge in [0.2, 0.25) is 5.91 Å². The molecular formula is C26H28N2O4. The van der Waals surface area contributed by atoms with Crippen LogP contribution in [0.5, 0.6) is 0 Å². The zero-order valence-electron chi connectivity index (χ0n) is 18.4. The summed E-state index contributed by atoms with van der Waals surface area (Å²) in [5.41, 5.74) is 2.84. The van der Waals surface area contributed by atoms with E-state index in [0.717, 1.165) is 28.6 Å². The molecule has 6 heteroatoms. The van der Waals surface area contributed by atoms with E-state index in [1.54, 1.807) is 0 Å². The van der Waals surface area contributed by atoms with Gasteiger partial charge in [0.25, 0.3) is 0 Å². The van der Waals surface area contributed by atoms with Gasteiger partial charge in [0, 0.05) is 23.5 Å². The van der Waals surface area contributed by atoms with Crippen LogP contribution >= 0.6 is 0 Å². The van der Waals surface area contributed by atoms with Crippen molar-refractivity contribution < 1.29 is 19.1 Å². The maximum absolute atomic E-state index is 13.4. The average Bonchev–Trinajstić information content (AvgIpc) is 3.45. The Morgan fingerprint density at radius 2 is 1.94 bits per heavy atom. The summed E-state index contributed by atoms with van der Waals surface area (Å²) in [5.74, 6) is -1.02. The highest BCUT2D eigenvalue weighted by Gasteiger charge is 2.52. The van der Waals surface area contributed by atoms with Gasteiger partial charge in [-0.05, 0) is 35.4 Å². The summed E-state index contributed by atoms with van der Waals surface area (Å²) in [7, 11) is 1.41. The number of aromatic nitrogens is 1. The lowest BCUT2D eigenvalue weighted by Crippen LogP contribution is -2.52. The molecule has 0 spiro atoms. The number of ether oxygens (including phenoxy) is 2. The monoisotopic (exact) mass is 432 g/mol. The van der Waals surface area contributed by atoms with Crippen molar-refractivity contribution in [3.05, 3.63) is 71.9 Å². The second kappa shape index (κ2) is 8.43. The number of amides is 1. The van der Waals surface area contributed by atoms with Crippen molar-refractivity contribution in [2.45, 2.75) is 38.0 Å². The van der Waals surface area contributed by atoms with Crippen LogP contribution < -0.4 is 0 Å². The van der Waals surface area contributed by atoms with Crippen LogP contribution in [0.15, 0.2) is 60.7 Å². The molecule has 5 rings (SSSR count). The SMILES string of the molecule is CC[C@H]1[C@H]([C@H](C(=O)OC)c2cc3ccccc3[nH]2)CC(=O)N2[C@@H]1OC[C@H]2c1ccccc1. The topological polar surface area (TPSA) is 71.6 Å². The number of carbonyl (C=O) groups excluding carboxylic acids is 2. The van der Waals surface area contributed by atoms with Crippen LogP contribution in [-0.4, -0.2) is 41.7 Å². The second-order valence-electron chi connectivity index (χ2n) is 8.70. The fraction of sp³-hybridized carbons (Fsp3) is 0.385. The third-order valence-corrected chi connectivity index (χ3v) is 7.07. The van der Waals surface area contributed by atoms with E-state index >= 15 is 0 Å². The minimum Gasteiger partial charge on any atom is -0.468 e. The van der Waals surface area contributed by atoms with E-state index in [2.05, 4.69) is 11.9 Å². The summed E-state index contributed by atoms with van der Waals surface area (Å²) in [6, 6.07) is 19.9. The first-order chi connectivity index (χ1) is 15.6. The van der Waals surface area contributed by atoms with E-state index in [1.807, 2.05) is 65.6 Å². The van der Waals surface area contributed by atoms with Crippen molar-refractivity contribution in [2.75, 3.05) is 13.7 Å². The molecule has 2 aliphatic rings. The van der Waals surface area contributed by atoms with Crippen LogP contribution in [0.25, 0.3) is 10.9 Å². The lowest BCUT2D eigenvalue weighted by atomic mass is 9.72. The fourth-order valence-electron chi connectivity index (χ4n) is 5.57. The molecule has 1 amide bonds. The lowest BCUT2D eigenvalue weighted by Gasteiger charge is -2.44. The van der Waals surface area contributed by atoms with Gasteiger partial charge in [-0.3, -0.25) is 9.59 Å². The molecule has 1 N–H and O–H groups in total. The standard InChI is InChI=1S/C26H28N2O4/c1-3-18-19(24(26(30)31-2)21-13-17-11-7-8-12-20(17)27-21)14-23(29)28-22(15-32-25(18)28)16-9-5-4-6-10-16/h4-13,18-19,22,24-25,27H,3,14-15H2,1-2H3/t18-,19+,22-,24-,25+/m0/s1. The van der Waals surface area contributed by atoms with Crippen molar-refractivity contribution in [1.82, 2.24) is 9.88 Å². The second-order valence-corrected chi connectivity index (χ2v) is 8.70. The number of carbonyl (C=O) groups is 2. The number of hydrogen-bond donors (Lipinski definition) is 1. The van der Waals surface area contributed by atoms with Crippen LogP contribution in [0.4, 0.5) is 0 Å². The molecule has 0 aliphatic carbocycles. The van der Waals surface area contributed by atoms with Gasteiger partial charge < -0.3 is 19.4 Å². The number of esters is 1. The van der Waals surface area contributed by atoms with Gasteiger partial charge >= 0.3 is 5.97 Å². The average molecular weight is 433 g/mol. The van der Waals surface area contributed by atoms with Crippen molar-refractivity contribution in [3.8, 4) is 0 Å². The van der Waals surface area contributed by atoms with E-state index in [-0.39, 0.29) is 42.4 Å². The van der Waals surface area contributed by atoms with E-state index in [9.17, 15) is 9.59 Å². The largest absolute Gasteiger partial charge is 0.468 e. The lowest BCUT2D eigenvalue weighted by molar-refractivity contribution is -0.158. The Hall–Kier alpha value is -3.12. The zero-order valence-corrected chi connectivity index (χ0v) is 18.4. The minimum absolute atomic E-state index is 0.0249. The molecular weight excluding hydrogens is 404 g/mol. The number of piperidine rings is 1. The molecule has 32 heavy (non-hydrogen) atoms. The predicted octanol–water partition coefficient (Wildman–Crippen LogP) is 4.40. The third kappa shape index (κ3) is 3.39. The molecule has 0 radical (unpaired) electrons. The highest BCUT2D eigenvalue weighted by molar-refractivity contribution is 5.86. The molecule has 3 heterocycles. The first-order valence-corrected chi connectivity index (χ1v) is 11.3. The summed E-state index contributed by atoms with van der Waals surface area (Å²) in [5, 5.41) is 1.04. The van der Waals surface area contributed by atoms with Gasteiger partial charge in [-0.1, -0.05) is 55.5 Å². The molecule has 6 nitrogen and oxygen atoms in total. The molecule has 2 aliphatic heterocycles. The number of rotatable bonds is 5. The Morgan fingerprint density at radius 3 is 2.66 bits per heavy atom. The van der Waals surface area contributed by atoms with Crippen LogP contribution in [0.1, 0.15) is 43.0 Å². The van der Waals surface area contributed by atoms with E-state index < -0.39 is 5.92 Å². The van der Waals surface area contributed by atoms with Crippen LogP contribution in [-0.2, 0) is 19.1 Å². The normalized spacial score (nSPS) is 26.2. The Balaban J connectivity index is 1.51. The quantitative estimate of drug-likeness (QED) is 0.607. The van der Waals surface area contributed by atoms with Gasteiger partial charge in [-0.2, -0.15) is 0 Å². The number of methoxy groups -OCH3 is 1. The Bertz CT molecular complexity index is 1090. The van der Waals surface area contributed by atoms with Crippen molar-refractivity contribution in [3.63, 3.8) is 0 Å². The molecule has 2 fully saturated rings. The first kappa shape index (κ1) is 20.8. The number of nitrogens with one attached hydrogen (secondary N) is 1. The first-order valence-electron chi connectivity index (χ1n) is 11.3. The Kier molecular flexibility index (Phi) is 5.47. The molecule has 2 aromatic carbocycles. The highest BCUT2D eigenvalue weighted by Crippen LogP contribution is 2.47. The number of benzene rings is 2. The van der Waals surface area contributed by atoms with Crippen LogP contribution in [0.3, 0.4) is 0 Å². The maximum atomic E-state index is 13.4. The van der Waals surface area contributed by atoms with E-state index in [1.165, 1.54) is 7.11 Å².